The first-order chi connectivity index (χ1) is 10.5. The van der Waals surface area contributed by atoms with E-state index in [0.29, 0.717) is 22.5 Å². The molecule has 0 aliphatic heterocycles. The van der Waals surface area contributed by atoms with Gasteiger partial charge in [-0.05, 0) is 67.6 Å². The van der Waals surface area contributed by atoms with Crippen molar-refractivity contribution in [2.75, 3.05) is 0 Å². The number of allylic oxidation sites excluding steroid dienone is 2. The molecule has 6 atom stereocenters. The molecule has 0 bridgehead atoms. The fourth-order valence-electron chi connectivity index (χ4n) is 7.15. The number of Topliss-reactive ketones (excluding diaryl/α,β-unsaturated/α-hetero) is 1. The second kappa shape index (κ2) is 6.91. The number of hydrogen-bond donors (Lipinski definition) is 0. The van der Waals surface area contributed by atoms with E-state index in [9.17, 15) is 4.79 Å². The minimum Gasteiger partial charge on any atom is -0.358 e. The number of carbonyl (C=O) groups excluding carboxylic acids is 1. The van der Waals surface area contributed by atoms with Crippen molar-refractivity contribution in [1.29, 1.82) is 0 Å². The summed E-state index contributed by atoms with van der Waals surface area (Å²) in [4.78, 5) is 12.1. The van der Waals surface area contributed by atoms with Crippen LogP contribution in [0, 0.1) is 48.3 Å². The van der Waals surface area contributed by atoms with Crippen molar-refractivity contribution < 1.29 is 21.6 Å². The summed E-state index contributed by atoms with van der Waals surface area (Å²) >= 11 is 0. The molecule has 0 N–H and O–H groups in total. The molecule has 3 saturated carbocycles. The van der Waals surface area contributed by atoms with E-state index in [1.165, 1.54) is 44.9 Å². The first-order valence-electron chi connectivity index (χ1n) is 9.48. The minimum absolute atomic E-state index is 0. The Hall–Kier alpha value is -0.0835. The van der Waals surface area contributed by atoms with Crippen LogP contribution in [0.15, 0.2) is 11.6 Å². The van der Waals surface area contributed by atoms with Gasteiger partial charge >= 0.3 is 16.8 Å². The zero-order chi connectivity index (χ0) is 15.5. The third kappa shape index (κ3) is 2.67. The van der Waals surface area contributed by atoms with E-state index in [-0.39, 0.29) is 24.2 Å². The molecule has 2 heteroatoms. The molecule has 4 aliphatic carbocycles. The van der Waals surface area contributed by atoms with E-state index in [2.05, 4.69) is 26.3 Å². The van der Waals surface area contributed by atoms with Crippen LogP contribution in [0.3, 0.4) is 0 Å². The van der Waals surface area contributed by atoms with Gasteiger partial charge in [0.25, 0.3) is 0 Å². The molecule has 0 aromatic rings. The third-order valence-electron chi connectivity index (χ3n) is 8.35. The van der Waals surface area contributed by atoms with Crippen molar-refractivity contribution >= 4 is 5.78 Å². The van der Waals surface area contributed by atoms with Gasteiger partial charge in [-0.1, -0.05) is 31.9 Å². The summed E-state index contributed by atoms with van der Waals surface area (Å²) in [6.07, 6.45) is 15.4. The van der Waals surface area contributed by atoms with Gasteiger partial charge in [0.1, 0.15) is 5.78 Å². The summed E-state index contributed by atoms with van der Waals surface area (Å²) in [5, 5.41) is 0. The molecule has 1 radical (unpaired) electrons. The maximum Gasteiger partial charge on any atom is 2.00 e. The average Bonchev–Trinajstić information content (AvgIpc) is 2.84. The van der Waals surface area contributed by atoms with Crippen molar-refractivity contribution in [2.45, 2.75) is 72.1 Å². The van der Waals surface area contributed by atoms with Crippen LogP contribution < -0.4 is 0 Å². The number of fused-ring (bicyclic) bond motifs is 5. The monoisotopic (exact) mass is 373 g/mol. The molecule has 24 heavy (non-hydrogen) atoms. The molecule has 6 unspecified atom stereocenters. The van der Waals surface area contributed by atoms with Gasteiger partial charge in [0.15, 0.2) is 0 Å². The first kappa shape index (κ1) is 20.2. The molecule has 0 spiro atoms. The van der Waals surface area contributed by atoms with Crippen LogP contribution in [0.2, 0.25) is 0 Å². The predicted molar refractivity (Wildman–Crippen MR) is 96.6 cm³/mol. The molecule has 0 saturated heterocycles. The van der Waals surface area contributed by atoms with Crippen LogP contribution in [0.1, 0.15) is 72.1 Å². The van der Waals surface area contributed by atoms with Crippen LogP contribution >= 0.6 is 0 Å². The smallest absolute Gasteiger partial charge is 0.358 e. The van der Waals surface area contributed by atoms with Crippen LogP contribution in [0.4, 0.5) is 0 Å². The second-order valence-electron chi connectivity index (χ2n) is 9.08. The molecular formula is C22H34CoO. The fourth-order valence-corrected chi connectivity index (χ4v) is 7.15. The predicted octanol–water partition coefficient (Wildman–Crippen LogP) is 5.81. The van der Waals surface area contributed by atoms with Crippen LogP contribution in [0.25, 0.3) is 0 Å². The maximum absolute atomic E-state index is 12.1. The third-order valence-corrected chi connectivity index (χ3v) is 8.35. The Morgan fingerprint density at radius 1 is 1.17 bits per heavy atom. The second-order valence-corrected chi connectivity index (χ2v) is 9.08. The Balaban J connectivity index is 0.00000104. The number of rotatable bonds is 1. The van der Waals surface area contributed by atoms with Crippen molar-refractivity contribution in [3.8, 4) is 0 Å². The molecule has 137 valence electrons. The summed E-state index contributed by atoms with van der Waals surface area (Å²) in [5.41, 5.74) is 2.51. The van der Waals surface area contributed by atoms with E-state index in [1.54, 1.807) is 5.57 Å². The number of hydrogen-bond acceptors (Lipinski definition) is 1. The standard InChI is InChI=1S/C21H31O.CH3.Co/c1-14(22)17-9-10-18-16-8-7-15-6-4-5-12-20(15,2)19(16)11-13-21(17,18)3;;/h4,7,16-19H,5-6,8-13H2,1-3H3;1H3;/q2*-1;+2. The van der Waals surface area contributed by atoms with Crippen LogP contribution in [0.5, 0.6) is 0 Å². The molecule has 0 amide bonds. The van der Waals surface area contributed by atoms with Gasteiger partial charge in [0, 0.05) is 5.92 Å². The molecule has 4 aliphatic rings. The number of carbonyl (C=O) groups is 1. The van der Waals surface area contributed by atoms with Gasteiger partial charge in [-0.15, -0.1) is 0 Å². The Bertz CT molecular complexity index is 524. The average molecular weight is 373 g/mol. The van der Waals surface area contributed by atoms with Gasteiger partial charge in [-0.2, -0.15) is 12.8 Å². The summed E-state index contributed by atoms with van der Waals surface area (Å²) in [6, 6.07) is 0. The summed E-state index contributed by atoms with van der Waals surface area (Å²) < 4.78 is 0. The van der Waals surface area contributed by atoms with E-state index in [0.717, 1.165) is 24.2 Å². The zero-order valence-electron chi connectivity index (χ0n) is 15.9. The zero-order valence-corrected chi connectivity index (χ0v) is 16.9. The minimum atomic E-state index is 0. The summed E-state index contributed by atoms with van der Waals surface area (Å²) in [6.45, 7) is 6.84. The number of ketones is 1. The van der Waals surface area contributed by atoms with E-state index in [1.807, 2.05) is 6.92 Å². The Morgan fingerprint density at radius 3 is 2.62 bits per heavy atom. The molecular weight excluding hydrogens is 339 g/mol. The van der Waals surface area contributed by atoms with Crippen molar-refractivity contribution in [2.24, 2.45) is 34.5 Å². The van der Waals surface area contributed by atoms with Crippen LogP contribution in [-0.2, 0) is 21.6 Å². The van der Waals surface area contributed by atoms with Crippen molar-refractivity contribution in [3.63, 3.8) is 0 Å². The van der Waals surface area contributed by atoms with E-state index < -0.39 is 0 Å². The topological polar surface area (TPSA) is 17.1 Å². The van der Waals surface area contributed by atoms with Crippen molar-refractivity contribution in [1.82, 2.24) is 0 Å². The molecule has 0 aromatic carbocycles. The largest absolute Gasteiger partial charge is 2.00 e. The fraction of sp³-hybridized carbons (Fsp3) is 0.773. The molecule has 4 rings (SSSR count). The quantitative estimate of drug-likeness (QED) is 0.419. The van der Waals surface area contributed by atoms with Gasteiger partial charge in [-0.25, -0.2) is 0 Å². The molecule has 3 fully saturated rings. The maximum atomic E-state index is 12.1. The SMILES string of the molecule is CC(=O)C1CCC2C3CC=C4C[CH-]CCC4(C)C3CCC12C.[CH3-].[Co+2]. The van der Waals surface area contributed by atoms with Gasteiger partial charge < -0.3 is 13.8 Å². The van der Waals surface area contributed by atoms with Gasteiger partial charge in [-0.3, -0.25) is 4.79 Å². The van der Waals surface area contributed by atoms with Crippen LogP contribution in [-0.4, -0.2) is 5.78 Å². The Kier molecular flexibility index (Phi) is 5.82. The van der Waals surface area contributed by atoms with E-state index >= 15 is 0 Å². The Labute approximate surface area is 159 Å². The molecule has 0 aromatic heterocycles. The first-order valence-corrected chi connectivity index (χ1v) is 9.48. The normalized spacial score (nSPS) is 46.4. The van der Waals surface area contributed by atoms with E-state index in [4.69, 9.17) is 0 Å². The van der Waals surface area contributed by atoms with Gasteiger partial charge in [0.05, 0.1) is 0 Å². The van der Waals surface area contributed by atoms with Crippen molar-refractivity contribution in [3.05, 3.63) is 25.5 Å². The van der Waals surface area contributed by atoms with Gasteiger partial charge in [0.2, 0.25) is 0 Å². The molecule has 0 heterocycles. The summed E-state index contributed by atoms with van der Waals surface area (Å²) in [7, 11) is 0. The summed E-state index contributed by atoms with van der Waals surface area (Å²) in [5.74, 6) is 3.31. The molecule has 1 nitrogen and oxygen atoms in total. The Morgan fingerprint density at radius 2 is 1.92 bits per heavy atom.